The van der Waals surface area contributed by atoms with E-state index in [0.29, 0.717) is 12.1 Å². The zero-order chi connectivity index (χ0) is 18.4. The van der Waals surface area contributed by atoms with E-state index in [0.717, 1.165) is 43.4 Å². The quantitative estimate of drug-likeness (QED) is 0.374. The van der Waals surface area contributed by atoms with Gasteiger partial charge in [-0.3, -0.25) is 9.89 Å². The van der Waals surface area contributed by atoms with Crippen molar-refractivity contribution in [2.75, 3.05) is 13.6 Å². The first kappa shape index (κ1) is 22.1. The summed E-state index contributed by atoms with van der Waals surface area (Å²) in [5.41, 5.74) is 1.39. The van der Waals surface area contributed by atoms with Crippen molar-refractivity contribution in [2.45, 2.75) is 51.9 Å². The molecule has 5 nitrogen and oxygen atoms in total. The highest BCUT2D eigenvalue weighted by Gasteiger charge is 2.25. The molecular weight excluding hydrogens is 469 g/mol. The van der Waals surface area contributed by atoms with Crippen LogP contribution in [0.1, 0.15) is 35.2 Å². The predicted octanol–water partition coefficient (Wildman–Crippen LogP) is 3.79. The number of nitrogens with zero attached hydrogens (tertiary/aromatic N) is 3. The molecule has 1 saturated heterocycles. The summed E-state index contributed by atoms with van der Waals surface area (Å²) >= 11 is 1.72. The fourth-order valence-electron chi connectivity index (χ4n) is 3.45. The van der Waals surface area contributed by atoms with Gasteiger partial charge in [0.05, 0.1) is 11.6 Å². The Kier molecular flexibility index (Phi) is 8.98. The standard InChI is InChI=1S/C20H29N5S.HI/c1-15-11-18(9-10-25(15)14-17-7-5-4-6-8-17)24-20(21-3)23-13-19-12-22-16(2)26-19;/h4-8,12,15,18H,9-11,13-14H2,1-3H3,(H2,21,23,24);1H. The van der Waals surface area contributed by atoms with Gasteiger partial charge in [0, 0.05) is 43.3 Å². The molecule has 7 heteroatoms. The number of rotatable bonds is 5. The number of hydrogen-bond acceptors (Lipinski definition) is 4. The molecule has 1 aromatic heterocycles. The number of benzene rings is 1. The lowest BCUT2D eigenvalue weighted by atomic mass is 9.97. The van der Waals surface area contributed by atoms with E-state index in [2.05, 4.69) is 62.8 Å². The van der Waals surface area contributed by atoms with Crippen molar-refractivity contribution in [3.63, 3.8) is 0 Å². The van der Waals surface area contributed by atoms with Crippen LogP contribution >= 0.6 is 35.3 Å². The van der Waals surface area contributed by atoms with Gasteiger partial charge in [0.2, 0.25) is 0 Å². The molecule has 0 radical (unpaired) electrons. The minimum Gasteiger partial charge on any atom is -0.354 e. The normalized spacial score (nSPS) is 20.8. The highest BCUT2D eigenvalue weighted by Crippen LogP contribution is 2.20. The van der Waals surface area contributed by atoms with Gasteiger partial charge in [0.1, 0.15) is 0 Å². The van der Waals surface area contributed by atoms with Gasteiger partial charge in [-0.25, -0.2) is 4.98 Å². The number of aliphatic imine (C=N–C) groups is 1. The summed E-state index contributed by atoms with van der Waals surface area (Å²) < 4.78 is 0. The van der Waals surface area contributed by atoms with Gasteiger partial charge in [-0.15, -0.1) is 35.3 Å². The van der Waals surface area contributed by atoms with Crippen LogP contribution in [0.3, 0.4) is 0 Å². The van der Waals surface area contributed by atoms with Crippen molar-refractivity contribution >= 4 is 41.3 Å². The molecular formula is C20H30IN5S. The first-order valence-corrected chi connectivity index (χ1v) is 10.1. The van der Waals surface area contributed by atoms with Crippen molar-refractivity contribution in [1.82, 2.24) is 20.5 Å². The Morgan fingerprint density at radius 1 is 1.33 bits per heavy atom. The van der Waals surface area contributed by atoms with E-state index in [1.54, 1.807) is 11.3 Å². The third-order valence-electron chi connectivity index (χ3n) is 4.91. The van der Waals surface area contributed by atoms with Crippen LogP contribution in [0.25, 0.3) is 0 Å². The molecule has 0 bridgehead atoms. The van der Waals surface area contributed by atoms with Gasteiger partial charge in [0.25, 0.3) is 0 Å². The molecule has 1 aromatic carbocycles. The second kappa shape index (κ2) is 11.0. The minimum atomic E-state index is 0. The molecule has 1 aliphatic rings. The Bertz CT molecular complexity index is 718. The van der Waals surface area contributed by atoms with Gasteiger partial charge in [-0.2, -0.15) is 0 Å². The molecule has 2 aromatic rings. The summed E-state index contributed by atoms with van der Waals surface area (Å²) in [6.07, 6.45) is 4.20. The number of hydrogen-bond donors (Lipinski definition) is 2. The molecule has 2 unspecified atom stereocenters. The molecule has 0 saturated carbocycles. The Hall–Kier alpha value is -1.19. The summed E-state index contributed by atoms with van der Waals surface area (Å²) in [6, 6.07) is 11.8. The molecule has 1 aliphatic heterocycles. The van der Waals surface area contributed by atoms with Gasteiger partial charge >= 0.3 is 0 Å². The molecule has 0 amide bonds. The lowest BCUT2D eigenvalue weighted by Gasteiger charge is -2.38. The average Bonchev–Trinajstić information content (AvgIpc) is 3.07. The van der Waals surface area contributed by atoms with E-state index in [1.165, 1.54) is 10.4 Å². The highest BCUT2D eigenvalue weighted by molar-refractivity contribution is 14.0. The first-order chi connectivity index (χ1) is 12.6. The average molecular weight is 499 g/mol. The summed E-state index contributed by atoms with van der Waals surface area (Å²) in [4.78, 5) is 12.5. The summed E-state index contributed by atoms with van der Waals surface area (Å²) in [5, 5.41) is 8.10. The fourth-order valence-corrected chi connectivity index (χ4v) is 4.19. The Morgan fingerprint density at radius 3 is 2.74 bits per heavy atom. The van der Waals surface area contributed by atoms with Crippen LogP contribution in [0.15, 0.2) is 41.5 Å². The zero-order valence-electron chi connectivity index (χ0n) is 16.3. The minimum absolute atomic E-state index is 0. The molecule has 1 fully saturated rings. The molecule has 0 aliphatic carbocycles. The van der Waals surface area contributed by atoms with E-state index in [-0.39, 0.29) is 24.0 Å². The summed E-state index contributed by atoms with van der Waals surface area (Å²) in [7, 11) is 1.83. The van der Waals surface area contributed by atoms with Crippen molar-refractivity contribution in [2.24, 2.45) is 4.99 Å². The molecule has 27 heavy (non-hydrogen) atoms. The number of guanidine groups is 1. The molecule has 2 atom stereocenters. The summed E-state index contributed by atoms with van der Waals surface area (Å²) in [6.45, 7) is 7.28. The van der Waals surface area contributed by atoms with Crippen LogP contribution < -0.4 is 10.6 Å². The van der Waals surface area contributed by atoms with Crippen LogP contribution in [0, 0.1) is 6.92 Å². The molecule has 3 rings (SSSR count). The summed E-state index contributed by atoms with van der Waals surface area (Å²) in [5.74, 6) is 0.879. The van der Waals surface area contributed by atoms with Crippen LogP contribution in [0.4, 0.5) is 0 Å². The van der Waals surface area contributed by atoms with Gasteiger partial charge in [-0.1, -0.05) is 30.3 Å². The van der Waals surface area contributed by atoms with E-state index < -0.39 is 0 Å². The van der Waals surface area contributed by atoms with Crippen LogP contribution in [0.5, 0.6) is 0 Å². The molecule has 148 valence electrons. The highest BCUT2D eigenvalue weighted by atomic mass is 127. The van der Waals surface area contributed by atoms with Gasteiger partial charge < -0.3 is 10.6 Å². The zero-order valence-corrected chi connectivity index (χ0v) is 19.5. The molecule has 0 spiro atoms. The fraction of sp³-hybridized carbons (Fsp3) is 0.500. The lowest BCUT2D eigenvalue weighted by Crippen LogP contribution is -2.51. The predicted molar refractivity (Wildman–Crippen MR) is 125 cm³/mol. The molecule has 2 N–H and O–H groups in total. The van der Waals surface area contributed by atoms with Crippen LogP contribution in [-0.4, -0.2) is 41.5 Å². The van der Waals surface area contributed by atoms with Crippen molar-refractivity contribution in [3.8, 4) is 0 Å². The largest absolute Gasteiger partial charge is 0.354 e. The number of thiazole rings is 1. The maximum absolute atomic E-state index is 4.38. The first-order valence-electron chi connectivity index (χ1n) is 9.30. The second-order valence-electron chi connectivity index (χ2n) is 6.94. The number of piperidine rings is 1. The van der Waals surface area contributed by atoms with E-state index in [4.69, 9.17) is 0 Å². The Labute approximate surface area is 183 Å². The monoisotopic (exact) mass is 499 g/mol. The van der Waals surface area contributed by atoms with E-state index in [1.807, 2.05) is 20.2 Å². The van der Waals surface area contributed by atoms with Crippen molar-refractivity contribution in [3.05, 3.63) is 52.0 Å². The lowest BCUT2D eigenvalue weighted by molar-refractivity contribution is 0.134. The number of aromatic nitrogens is 1. The smallest absolute Gasteiger partial charge is 0.191 e. The van der Waals surface area contributed by atoms with Gasteiger partial charge in [0.15, 0.2) is 5.96 Å². The number of likely N-dealkylation sites (tertiary alicyclic amines) is 1. The van der Waals surface area contributed by atoms with Gasteiger partial charge in [-0.05, 0) is 32.3 Å². The van der Waals surface area contributed by atoms with Crippen LogP contribution in [0.2, 0.25) is 0 Å². The van der Waals surface area contributed by atoms with E-state index in [9.17, 15) is 0 Å². The third kappa shape index (κ3) is 6.73. The topological polar surface area (TPSA) is 52.6 Å². The Morgan fingerprint density at radius 2 is 2.11 bits per heavy atom. The number of halogens is 1. The SMILES string of the molecule is CN=C(NCc1cnc(C)s1)NC1CCN(Cc2ccccc2)C(C)C1.I. The number of nitrogens with one attached hydrogen (secondary N) is 2. The maximum atomic E-state index is 4.38. The Balaban J connectivity index is 0.00000261. The van der Waals surface area contributed by atoms with Crippen LogP contribution in [-0.2, 0) is 13.1 Å². The van der Waals surface area contributed by atoms with Crippen molar-refractivity contribution < 1.29 is 0 Å². The maximum Gasteiger partial charge on any atom is 0.191 e. The van der Waals surface area contributed by atoms with E-state index >= 15 is 0 Å². The van der Waals surface area contributed by atoms with Crippen molar-refractivity contribution in [1.29, 1.82) is 0 Å². The number of aryl methyl sites for hydroxylation is 1. The second-order valence-corrected chi connectivity index (χ2v) is 8.26. The third-order valence-corrected chi connectivity index (χ3v) is 5.82. The molecule has 2 heterocycles.